The van der Waals surface area contributed by atoms with Crippen LogP contribution in [-0.2, 0) is 4.74 Å². The van der Waals surface area contributed by atoms with E-state index in [9.17, 15) is 9.59 Å². The van der Waals surface area contributed by atoms with Crippen molar-refractivity contribution in [1.29, 1.82) is 0 Å². The number of halogens is 1. The summed E-state index contributed by atoms with van der Waals surface area (Å²) < 4.78 is 21.3. The highest BCUT2D eigenvalue weighted by atomic mass is 35.5. The molecule has 2 aliphatic heterocycles. The smallest absolute Gasteiger partial charge is 0.412 e. The molecule has 0 aromatic carbocycles. The largest absolute Gasteiger partial charge is 0.419 e. The van der Waals surface area contributed by atoms with Crippen LogP contribution in [0.4, 0.5) is 10.6 Å². The Balaban J connectivity index is 1.54. The summed E-state index contributed by atoms with van der Waals surface area (Å²) in [6.07, 6.45) is 7.60. The zero-order valence-electron chi connectivity index (χ0n) is 17.2. The van der Waals surface area contributed by atoms with Crippen LogP contribution in [0.25, 0.3) is 0 Å². The molecule has 0 bridgehead atoms. The summed E-state index contributed by atoms with van der Waals surface area (Å²) in [7, 11) is 0. The monoisotopic (exact) mass is 414 g/mol. The third-order valence-corrected chi connectivity index (χ3v) is 4.77. The predicted molar refractivity (Wildman–Crippen MR) is 104 cm³/mol. The molecule has 0 unspecified atom stereocenters. The lowest BCUT2D eigenvalue weighted by atomic mass is 10.3. The molecule has 1 saturated heterocycles. The van der Waals surface area contributed by atoms with E-state index in [2.05, 4.69) is 20.9 Å². The van der Waals surface area contributed by atoms with Gasteiger partial charge in [-0.1, -0.05) is 17.5 Å². The van der Waals surface area contributed by atoms with Gasteiger partial charge in [0, 0.05) is 44.8 Å². The first kappa shape index (κ1) is 16.7. The topological polar surface area (TPSA) is 91.8 Å². The van der Waals surface area contributed by atoms with Crippen molar-refractivity contribution in [2.24, 2.45) is 0 Å². The molecule has 0 radical (unpaired) electrons. The first-order valence-electron chi connectivity index (χ1n) is 9.76. The molecule has 9 nitrogen and oxygen atoms in total. The van der Waals surface area contributed by atoms with Gasteiger partial charge in [-0.25, -0.2) is 19.7 Å². The number of terminal acetylenes is 1. The Kier molecular flexibility index (Phi) is 4.63. The van der Waals surface area contributed by atoms with Crippen molar-refractivity contribution < 1.29 is 17.1 Å². The Labute approximate surface area is 175 Å². The Morgan fingerprint density at radius 1 is 1.28 bits per heavy atom. The van der Waals surface area contributed by atoms with Crippen molar-refractivity contribution in [3.63, 3.8) is 0 Å². The number of hydrogen-bond acceptors (Lipinski definition) is 7. The molecule has 29 heavy (non-hydrogen) atoms. The average Bonchev–Trinajstić information content (AvgIpc) is 3.06. The normalized spacial score (nSPS) is 20.6. The van der Waals surface area contributed by atoms with Crippen LogP contribution < -0.4 is 4.90 Å². The van der Waals surface area contributed by atoms with Gasteiger partial charge in [-0.3, -0.25) is 14.7 Å². The van der Waals surface area contributed by atoms with Crippen molar-refractivity contribution in [1.82, 2.24) is 24.8 Å². The van der Waals surface area contributed by atoms with E-state index in [1.54, 1.807) is 6.07 Å². The molecule has 1 fully saturated rings. The van der Waals surface area contributed by atoms with Crippen LogP contribution in [0.5, 0.6) is 0 Å². The second-order valence-electron chi connectivity index (χ2n) is 6.27. The summed E-state index contributed by atoms with van der Waals surface area (Å²) in [4.78, 5) is 42.3. The molecule has 0 N–H and O–H groups in total. The van der Waals surface area contributed by atoms with Gasteiger partial charge in [0.1, 0.15) is 11.5 Å². The summed E-state index contributed by atoms with van der Waals surface area (Å²) >= 11 is 5.89. The SMILES string of the molecule is [2H]C([2H])(C#C)N1CCN(C(=O)O[C@H]2c3nccnc3C(=O)N2c2ccc(Cl)cn2)CC1. The van der Waals surface area contributed by atoms with Crippen LogP contribution >= 0.6 is 11.6 Å². The number of rotatable bonds is 3. The van der Waals surface area contributed by atoms with Gasteiger partial charge >= 0.3 is 6.09 Å². The maximum absolute atomic E-state index is 12.9. The summed E-state index contributed by atoms with van der Waals surface area (Å²) in [5, 5.41) is 0.391. The van der Waals surface area contributed by atoms with Gasteiger partial charge in [0.25, 0.3) is 5.91 Å². The highest BCUT2D eigenvalue weighted by Gasteiger charge is 2.44. The van der Waals surface area contributed by atoms with Crippen molar-refractivity contribution in [2.45, 2.75) is 6.23 Å². The fourth-order valence-corrected chi connectivity index (χ4v) is 3.25. The Morgan fingerprint density at radius 3 is 2.72 bits per heavy atom. The van der Waals surface area contributed by atoms with E-state index in [4.69, 9.17) is 25.5 Å². The van der Waals surface area contributed by atoms with Crippen LogP contribution in [-0.4, -0.2) is 69.4 Å². The van der Waals surface area contributed by atoms with Gasteiger partial charge in [0.05, 0.1) is 14.3 Å². The van der Waals surface area contributed by atoms with Crippen LogP contribution in [0.3, 0.4) is 0 Å². The molecule has 2 amide bonds. The number of carbonyl (C=O) groups excluding carboxylic acids is 2. The van der Waals surface area contributed by atoms with Gasteiger partial charge in [-0.15, -0.1) is 6.42 Å². The van der Waals surface area contributed by atoms with E-state index < -0.39 is 24.7 Å². The summed E-state index contributed by atoms with van der Waals surface area (Å²) in [6.45, 7) is -0.969. The lowest BCUT2D eigenvalue weighted by Crippen LogP contribution is -2.49. The lowest BCUT2D eigenvalue weighted by molar-refractivity contribution is 0.0463. The van der Waals surface area contributed by atoms with Crippen molar-refractivity contribution >= 4 is 29.4 Å². The number of hydrogen-bond donors (Lipinski definition) is 0. The van der Waals surface area contributed by atoms with Crippen molar-refractivity contribution in [3.8, 4) is 12.3 Å². The van der Waals surface area contributed by atoms with Gasteiger partial charge in [0.15, 0.2) is 5.69 Å². The molecule has 4 heterocycles. The summed E-state index contributed by atoms with van der Waals surface area (Å²) in [5.74, 6) is 1.84. The first-order chi connectivity index (χ1) is 14.8. The molecule has 1 atom stereocenters. The second-order valence-corrected chi connectivity index (χ2v) is 6.70. The molecule has 0 spiro atoms. The quantitative estimate of drug-likeness (QED) is 0.704. The minimum absolute atomic E-state index is 0.0732. The highest BCUT2D eigenvalue weighted by Crippen LogP contribution is 2.35. The number of aromatic nitrogens is 3. The number of carbonyl (C=O) groups is 2. The molecule has 148 valence electrons. The third-order valence-electron chi connectivity index (χ3n) is 4.55. The minimum Gasteiger partial charge on any atom is -0.419 e. The number of fused-ring (bicyclic) bond motifs is 1. The van der Waals surface area contributed by atoms with E-state index in [0.29, 0.717) is 5.02 Å². The average molecular weight is 415 g/mol. The van der Waals surface area contributed by atoms with E-state index in [1.165, 1.54) is 39.4 Å². The van der Waals surface area contributed by atoms with Crippen LogP contribution in [0.1, 0.15) is 25.2 Å². The number of piperazine rings is 1. The second kappa shape index (κ2) is 8.03. The lowest BCUT2D eigenvalue weighted by Gasteiger charge is -2.34. The minimum atomic E-state index is -1.89. The van der Waals surface area contributed by atoms with E-state index >= 15 is 0 Å². The maximum Gasteiger partial charge on any atom is 0.412 e. The Hall–Kier alpha value is -3.22. The molecule has 2 aromatic heterocycles. The van der Waals surface area contributed by atoms with Crippen molar-refractivity contribution in [2.75, 3.05) is 37.6 Å². The van der Waals surface area contributed by atoms with Crippen LogP contribution in [0.15, 0.2) is 30.7 Å². The van der Waals surface area contributed by atoms with Gasteiger partial charge in [0.2, 0.25) is 6.23 Å². The number of amides is 2. The molecule has 0 saturated carbocycles. The fraction of sp³-hybridized carbons (Fsp3) is 0.316. The maximum atomic E-state index is 12.9. The number of anilines is 1. The highest BCUT2D eigenvalue weighted by molar-refractivity contribution is 6.30. The zero-order valence-corrected chi connectivity index (χ0v) is 15.9. The van der Waals surface area contributed by atoms with E-state index in [-0.39, 0.29) is 43.4 Å². The summed E-state index contributed by atoms with van der Waals surface area (Å²) in [6, 6.07) is 3.10. The van der Waals surface area contributed by atoms with E-state index in [1.807, 2.05) is 0 Å². The molecule has 4 rings (SSSR count). The van der Waals surface area contributed by atoms with Gasteiger partial charge in [-0.2, -0.15) is 0 Å². The molecule has 0 aliphatic carbocycles. The molecular weight excluding hydrogens is 396 g/mol. The van der Waals surface area contributed by atoms with Crippen LogP contribution in [0, 0.1) is 12.3 Å². The first-order valence-corrected chi connectivity index (χ1v) is 9.14. The van der Waals surface area contributed by atoms with Gasteiger partial charge < -0.3 is 9.64 Å². The Morgan fingerprint density at radius 2 is 2.03 bits per heavy atom. The fourth-order valence-electron chi connectivity index (χ4n) is 3.14. The predicted octanol–water partition coefficient (Wildman–Crippen LogP) is 1.57. The van der Waals surface area contributed by atoms with Gasteiger partial charge in [-0.05, 0) is 12.1 Å². The van der Waals surface area contributed by atoms with Crippen LogP contribution in [0.2, 0.25) is 5.02 Å². The van der Waals surface area contributed by atoms with E-state index in [0.717, 1.165) is 0 Å². The number of ether oxygens (including phenoxy) is 1. The standard InChI is InChI=1S/C19H17ClN6O3/c1-2-7-24-8-10-25(11-9-24)19(28)29-18-16-15(21-5-6-22-16)17(27)26(18)14-4-3-13(20)12-23-14/h1,3-6,12,18H,7-11H2/t18-/m0/s1/i7D2. The van der Waals surface area contributed by atoms with Crippen molar-refractivity contribution in [3.05, 3.63) is 47.1 Å². The zero-order chi connectivity index (χ0) is 22.2. The molecular formula is C19H17ClN6O3. The molecule has 2 aromatic rings. The third kappa shape index (κ3) is 3.72. The molecule has 2 aliphatic rings. The molecule has 10 heteroatoms. The Bertz CT molecular complexity index is 1050. The number of nitrogens with zero attached hydrogens (tertiary/aromatic N) is 6. The number of pyridine rings is 1. The summed E-state index contributed by atoms with van der Waals surface area (Å²) in [5.41, 5.74) is 0.281.